The molecule has 26 heavy (non-hydrogen) atoms. The fraction of sp³-hybridized carbons (Fsp3) is 0.235. The predicted molar refractivity (Wildman–Crippen MR) is 92.4 cm³/mol. The van der Waals surface area contributed by atoms with Crippen molar-refractivity contribution in [1.82, 2.24) is 10.2 Å². The number of carbonyl (C=O) groups is 1. The summed E-state index contributed by atoms with van der Waals surface area (Å²) in [4.78, 5) is 11.4. The zero-order valence-corrected chi connectivity index (χ0v) is 15.2. The molecule has 0 saturated carbocycles. The molecule has 2 heterocycles. The molecular formula is C17H16N2O6S. The quantitative estimate of drug-likeness (QED) is 0.454. The van der Waals surface area contributed by atoms with E-state index in [4.69, 9.17) is 18.3 Å². The molecule has 0 bridgehead atoms. The van der Waals surface area contributed by atoms with E-state index in [0.717, 1.165) is 0 Å². The van der Waals surface area contributed by atoms with Crippen LogP contribution in [0.4, 0.5) is 0 Å². The van der Waals surface area contributed by atoms with Crippen LogP contribution in [0.2, 0.25) is 0 Å². The van der Waals surface area contributed by atoms with Gasteiger partial charge in [0.15, 0.2) is 11.5 Å². The summed E-state index contributed by atoms with van der Waals surface area (Å²) in [6.45, 7) is 0. The van der Waals surface area contributed by atoms with Crippen LogP contribution < -0.4 is 9.47 Å². The predicted octanol–water partition coefficient (Wildman–Crippen LogP) is 3.43. The molecule has 0 radical (unpaired) electrons. The lowest BCUT2D eigenvalue weighted by molar-refractivity contribution is 0.0563. The third-order valence-electron chi connectivity index (χ3n) is 3.42. The van der Waals surface area contributed by atoms with E-state index in [1.54, 1.807) is 44.6 Å². The van der Waals surface area contributed by atoms with E-state index < -0.39 is 5.97 Å². The van der Waals surface area contributed by atoms with Gasteiger partial charge in [0.2, 0.25) is 11.7 Å². The highest BCUT2D eigenvalue weighted by Crippen LogP contribution is 2.33. The first-order valence-corrected chi connectivity index (χ1v) is 8.49. The van der Waals surface area contributed by atoms with E-state index in [0.29, 0.717) is 39.7 Å². The van der Waals surface area contributed by atoms with Gasteiger partial charge in [-0.2, -0.15) is 0 Å². The molecule has 8 nitrogen and oxygen atoms in total. The summed E-state index contributed by atoms with van der Waals surface area (Å²) in [5, 5.41) is 8.42. The van der Waals surface area contributed by atoms with Crippen LogP contribution in [0, 0.1) is 0 Å². The molecule has 136 valence electrons. The van der Waals surface area contributed by atoms with Crippen LogP contribution in [0.15, 0.2) is 44.4 Å². The first-order chi connectivity index (χ1) is 12.6. The van der Waals surface area contributed by atoms with Crippen LogP contribution in [0.1, 0.15) is 16.3 Å². The van der Waals surface area contributed by atoms with Crippen LogP contribution in [-0.2, 0) is 10.5 Å². The molecule has 0 saturated heterocycles. The Morgan fingerprint density at radius 2 is 1.85 bits per heavy atom. The van der Waals surface area contributed by atoms with E-state index in [9.17, 15) is 4.79 Å². The van der Waals surface area contributed by atoms with E-state index in [1.807, 2.05) is 0 Å². The van der Waals surface area contributed by atoms with Gasteiger partial charge in [-0.15, -0.1) is 10.2 Å². The van der Waals surface area contributed by atoms with Crippen LogP contribution >= 0.6 is 11.8 Å². The first-order valence-electron chi connectivity index (χ1n) is 7.50. The number of nitrogens with zero attached hydrogens (tertiary/aromatic N) is 2. The highest BCUT2D eigenvalue weighted by molar-refractivity contribution is 7.98. The van der Waals surface area contributed by atoms with Gasteiger partial charge in [0.1, 0.15) is 5.76 Å². The number of aromatic nitrogens is 2. The van der Waals surface area contributed by atoms with E-state index in [-0.39, 0.29) is 5.76 Å². The lowest BCUT2D eigenvalue weighted by Crippen LogP contribution is -1.98. The number of carbonyl (C=O) groups excluding carboxylic acids is 1. The van der Waals surface area contributed by atoms with Crippen molar-refractivity contribution in [2.45, 2.75) is 11.0 Å². The number of furan rings is 1. The topological polar surface area (TPSA) is 96.8 Å². The van der Waals surface area contributed by atoms with Gasteiger partial charge in [0.25, 0.3) is 5.22 Å². The third kappa shape index (κ3) is 3.83. The number of hydrogen-bond acceptors (Lipinski definition) is 9. The summed E-state index contributed by atoms with van der Waals surface area (Å²) in [5.41, 5.74) is 0.716. The molecular weight excluding hydrogens is 360 g/mol. The van der Waals surface area contributed by atoms with Crippen molar-refractivity contribution in [3.05, 3.63) is 41.9 Å². The normalized spacial score (nSPS) is 10.6. The van der Waals surface area contributed by atoms with Crippen molar-refractivity contribution in [3.63, 3.8) is 0 Å². The highest BCUT2D eigenvalue weighted by atomic mass is 32.2. The number of benzene rings is 1. The molecule has 0 unspecified atom stereocenters. The van der Waals surface area contributed by atoms with Gasteiger partial charge in [-0.1, -0.05) is 11.8 Å². The second kappa shape index (κ2) is 7.96. The van der Waals surface area contributed by atoms with Crippen molar-refractivity contribution in [3.8, 4) is 23.0 Å². The summed E-state index contributed by atoms with van der Waals surface area (Å²) >= 11 is 1.30. The molecule has 9 heteroatoms. The Morgan fingerprint density at radius 3 is 2.58 bits per heavy atom. The van der Waals surface area contributed by atoms with Crippen LogP contribution in [0.25, 0.3) is 11.5 Å². The number of methoxy groups -OCH3 is 3. The average Bonchev–Trinajstić information content (AvgIpc) is 3.34. The van der Waals surface area contributed by atoms with Crippen LogP contribution in [0.3, 0.4) is 0 Å². The molecule has 0 atom stereocenters. The third-order valence-corrected chi connectivity index (χ3v) is 4.26. The van der Waals surface area contributed by atoms with Gasteiger partial charge in [0, 0.05) is 5.56 Å². The standard InChI is InChI=1S/C17H16N2O6S/c1-21-12-6-4-10(8-14(12)22-2)15-18-19-17(25-15)26-9-11-5-7-13(24-11)16(20)23-3/h4-8H,9H2,1-3H3. The zero-order valence-electron chi connectivity index (χ0n) is 14.3. The second-order valence-electron chi connectivity index (χ2n) is 4.99. The number of esters is 1. The smallest absolute Gasteiger partial charge is 0.373 e. The maximum absolute atomic E-state index is 11.4. The summed E-state index contributed by atoms with van der Waals surface area (Å²) in [5.74, 6) is 2.22. The Kier molecular flexibility index (Phi) is 5.47. The zero-order chi connectivity index (χ0) is 18.5. The molecule has 3 rings (SSSR count). The number of ether oxygens (including phenoxy) is 3. The van der Waals surface area contributed by atoms with Crippen LogP contribution in [-0.4, -0.2) is 37.5 Å². The summed E-state index contributed by atoms with van der Waals surface area (Å²) < 4.78 is 26.1. The lowest BCUT2D eigenvalue weighted by Gasteiger charge is -2.07. The van der Waals surface area contributed by atoms with Crippen molar-refractivity contribution < 1.29 is 27.8 Å². The lowest BCUT2D eigenvalue weighted by atomic mass is 10.2. The number of thioether (sulfide) groups is 1. The average molecular weight is 376 g/mol. The van der Waals surface area contributed by atoms with Gasteiger partial charge in [-0.05, 0) is 30.3 Å². The Bertz CT molecular complexity index is 904. The van der Waals surface area contributed by atoms with Crippen LogP contribution in [0.5, 0.6) is 11.5 Å². The number of rotatable bonds is 7. The van der Waals surface area contributed by atoms with E-state index in [1.165, 1.54) is 18.9 Å². The maximum atomic E-state index is 11.4. The summed E-state index contributed by atoms with van der Waals surface area (Å²) in [6.07, 6.45) is 0. The summed E-state index contributed by atoms with van der Waals surface area (Å²) in [6, 6.07) is 8.59. The molecule has 1 aromatic carbocycles. The molecule has 0 aliphatic heterocycles. The van der Waals surface area contributed by atoms with Crippen molar-refractivity contribution >= 4 is 17.7 Å². The van der Waals surface area contributed by atoms with E-state index >= 15 is 0 Å². The molecule has 2 aromatic heterocycles. The minimum Gasteiger partial charge on any atom is -0.493 e. The Morgan fingerprint density at radius 1 is 1.04 bits per heavy atom. The maximum Gasteiger partial charge on any atom is 0.373 e. The summed E-state index contributed by atoms with van der Waals surface area (Å²) in [7, 11) is 4.43. The Balaban J connectivity index is 1.68. The second-order valence-corrected chi connectivity index (χ2v) is 5.92. The SMILES string of the molecule is COC(=O)c1ccc(CSc2nnc(-c3ccc(OC)c(OC)c3)o2)o1. The molecule has 0 amide bonds. The fourth-order valence-electron chi connectivity index (χ4n) is 2.15. The molecule has 0 spiro atoms. The molecule has 0 aliphatic carbocycles. The monoisotopic (exact) mass is 376 g/mol. The van der Waals surface area contributed by atoms with Gasteiger partial charge in [-0.3, -0.25) is 0 Å². The minimum atomic E-state index is -0.519. The van der Waals surface area contributed by atoms with Gasteiger partial charge in [-0.25, -0.2) is 4.79 Å². The van der Waals surface area contributed by atoms with Gasteiger partial charge in [0.05, 0.1) is 27.1 Å². The van der Waals surface area contributed by atoms with Gasteiger partial charge < -0.3 is 23.0 Å². The fourth-order valence-corrected chi connectivity index (χ4v) is 2.81. The van der Waals surface area contributed by atoms with Crippen molar-refractivity contribution in [2.75, 3.05) is 21.3 Å². The molecule has 0 N–H and O–H groups in total. The highest BCUT2D eigenvalue weighted by Gasteiger charge is 2.15. The Hall–Kier alpha value is -2.94. The molecule has 0 aliphatic rings. The van der Waals surface area contributed by atoms with Gasteiger partial charge >= 0.3 is 5.97 Å². The van der Waals surface area contributed by atoms with E-state index in [2.05, 4.69) is 14.9 Å². The Labute approximate surface area is 153 Å². The largest absolute Gasteiger partial charge is 0.493 e. The molecule has 0 fully saturated rings. The number of hydrogen-bond donors (Lipinski definition) is 0. The molecule has 3 aromatic rings. The minimum absolute atomic E-state index is 0.152. The first kappa shape index (κ1) is 17.9. The van der Waals surface area contributed by atoms with Crippen molar-refractivity contribution in [2.24, 2.45) is 0 Å². The van der Waals surface area contributed by atoms with Crippen molar-refractivity contribution in [1.29, 1.82) is 0 Å².